The van der Waals surface area contributed by atoms with Gasteiger partial charge in [0.15, 0.2) is 16.4 Å². The molecule has 2 nitrogen and oxygen atoms in total. The summed E-state index contributed by atoms with van der Waals surface area (Å²) in [5.41, 5.74) is 0.816. The zero-order chi connectivity index (χ0) is 12.2. The van der Waals surface area contributed by atoms with Crippen LogP contribution in [0.25, 0.3) is 11.0 Å². The number of aromatic amines is 1. The maximum absolute atomic E-state index is 13.9. The molecule has 2 aromatic rings. The van der Waals surface area contributed by atoms with E-state index in [4.69, 9.17) is 12.2 Å². The molecule has 1 N–H and O–H groups in total. The quantitative estimate of drug-likeness (QED) is 0.805. The Labute approximate surface area is 102 Å². The third-order valence-electron chi connectivity index (χ3n) is 3.48. The van der Waals surface area contributed by atoms with Crippen molar-refractivity contribution in [2.24, 2.45) is 5.92 Å². The molecule has 1 aromatic heterocycles. The lowest BCUT2D eigenvalue weighted by molar-refractivity contribution is 0.473. The number of rotatable bonds is 2. The summed E-state index contributed by atoms with van der Waals surface area (Å²) in [6.07, 6.45) is 2.26. The Kier molecular flexibility index (Phi) is 2.33. The average Bonchev–Trinajstić information content (AvgIpc) is 3.07. The van der Waals surface area contributed by atoms with Gasteiger partial charge in [0.25, 0.3) is 0 Å². The standard InChI is InChI=1S/C12H12F2N2S/c1-6(7-2-3-7)16-11-9(15-12(16)17)5-4-8(13)10(11)14/h4-7H,2-3H2,1H3,(H,15,17). The van der Waals surface area contributed by atoms with E-state index in [1.807, 2.05) is 6.92 Å². The summed E-state index contributed by atoms with van der Waals surface area (Å²) in [6.45, 7) is 2.01. The van der Waals surface area contributed by atoms with Crippen LogP contribution in [0.4, 0.5) is 8.78 Å². The first-order chi connectivity index (χ1) is 8.09. The summed E-state index contributed by atoms with van der Waals surface area (Å²) in [6, 6.07) is 2.77. The minimum absolute atomic E-state index is 0.118. The zero-order valence-electron chi connectivity index (χ0n) is 9.34. The van der Waals surface area contributed by atoms with Crippen LogP contribution >= 0.6 is 12.2 Å². The molecule has 3 rings (SSSR count). The number of nitrogens with one attached hydrogen (secondary N) is 1. The molecule has 5 heteroatoms. The number of halogens is 2. The summed E-state index contributed by atoms with van der Waals surface area (Å²) in [7, 11) is 0. The van der Waals surface area contributed by atoms with Crippen LogP contribution in [-0.4, -0.2) is 9.55 Å². The Bertz CT molecular complexity index is 640. The van der Waals surface area contributed by atoms with E-state index in [0.29, 0.717) is 16.2 Å². The first-order valence-electron chi connectivity index (χ1n) is 5.68. The Balaban J connectivity index is 2.31. The summed E-state index contributed by atoms with van der Waals surface area (Å²) >= 11 is 5.20. The van der Waals surface area contributed by atoms with Crippen molar-refractivity contribution in [2.75, 3.05) is 0 Å². The van der Waals surface area contributed by atoms with Crippen molar-refractivity contribution in [3.05, 3.63) is 28.5 Å². The van der Waals surface area contributed by atoms with Gasteiger partial charge in [0.2, 0.25) is 0 Å². The van der Waals surface area contributed by atoms with Crippen molar-refractivity contribution in [3.63, 3.8) is 0 Å². The predicted molar refractivity (Wildman–Crippen MR) is 64.5 cm³/mol. The number of imidazole rings is 1. The molecule has 1 atom stereocenters. The lowest BCUT2D eigenvalue weighted by Gasteiger charge is -2.13. The first kappa shape index (κ1) is 10.9. The molecule has 90 valence electrons. The van der Waals surface area contributed by atoms with Crippen LogP contribution in [0.15, 0.2) is 12.1 Å². The second-order valence-corrected chi connectivity index (χ2v) is 5.02. The van der Waals surface area contributed by atoms with Gasteiger partial charge in [-0.25, -0.2) is 8.78 Å². The maximum atomic E-state index is 13.9. The molecule has 1 unspecified atom stereocenters. The van der Waals surface area contributed by atoms with E-state index in [-0.39, 0.29) is 11.6 Å². The van der Waals surface area contributed by atoms with Crippen molar-refractivity contribution >= 4 is 23.3 Å². The molecule has 0 amide bonds. The molecule has 0 saturated heterocycles. The van der Waals surface area contributed by atoms with Crippen molar-refractivity contribution in [1.29, 1.82) is 0 Å². The third kappa shape index (κ3) is 1.60. The highest BCUT2D eigenvalue weighted by molar-refractivity contribution is 7.71. The van der Waals surface area contributed by atoms with Gasteiger partial charge in [-0.15, -0.1) is 0 Å². The molecular formula is C12H12F2N2S. The van der Waals surface area contributed by atoms with E-state index in [9.17, 15) is 8.78 Å². The highest BCUT2D eigenvalue weighted by Crippen LogP contribution is 2.41. The molecule has 1 aliphatic rings. The fourth-order valence-corrected chi connectivity index (χ4v) is 2.70. The van der Waals surface area contributed by atoms with Crippen LogP contribution in [0.1, 0.15) is 25.8 Å². The number of hydrogen-bond donors (Lipinski definition) is 1. The van der Waals surface area contributed by atoms with Gasteiger partial charge in [-0.1, -0.05) is 0 Å². The van der Waals surface area contributed by atoms with Crippen molar-refractivity contribution < 1.29 is 8.78 Å². The molecule has 0 spiro atoms. The molecule has 1 heterocycles. The zero-order valence-corrected chi connectivity index (χ0v) is 10.2. The van der Waals surface area contributed by atoms with Crippen LogP contribution < -0.4 is 0 Å². The minimum atomic E-state index is -0.830. The number of fused-ring (bicyclic) bond motifs is 1. The molecule has 1 saturated carbocycles. The molecule has 1 fully saturated rings. The number of H-pyrrole nitrogens is 1. The average molecular weight is 254 g/mol. The number of nitrogens with zero attached hydrogens (tertiary/aromatic N) is 1. The van der Waals surface area contributed by atoms with Crippen LogP contribution in [0, 0.1) is 22.3 Å². The van der Waals surface area contributed by atoms with Gasteiger partial charge in [-0.2, -0.15) is 0 Å². The topological polar surface area (TPSA) is 20.7 Å². The number of benzene rings is 1. The van der Waals surface area contributed by atoms with Gasteiger partial charge in [-0.05, 0) is 50.0 Å². The van der Waals surface area contributed by atoms with Crippen LogP contribution in [0.5, 0.6) is 0 Å². The van der Waals surface area contributed by atoms with Gasteiger partial charge in [-0.3, -0.25) is 0 Å². The molecule has 1 aliphatic carbocycles. The second-order valence-electron chi connectivity index (χ2n) is 4.64. The largest absolute Gasteiger partial charge is 0.330 e. The van der Waals surface area contributed by atoms with Crippen molar-refractivity contribution in [2.45, 2.75) is 25.8 Å². The molecule has 17 heavy (non-hydrogen) atoms. The fourth-order valence-electron chi connectivity index (χ4n) is 2.33. The van der Waals surface area contributed by atoms with E-state index in [2.05, 4.69) is 4.98 Å². The molecule has 0 radical (unpaired) electrons. The van der Waals surface area contributed by atoms with Gasteiger partial charge in [0.05, 0.1) is 5.52 Å². The van der Waals surface area contributed by atoms with E-state index in [1.54, 1.807) is 4.57 Å². The summed E-state index contributed by atoms with van der Waals surface area (Å²) < 4.78 is 29.3. The fraction of sp³-hybridized carbons (Fsp3) is 0.417. The Morgan fingerprint density at radius 3 is 2.76 bits per heavy atom. The van der Waals surface area contributed by atoms with E-state index in [0.717, 1.165) is 18.9 Å². The highest BCUT2D eigenvalue weighted by Gasteiger charge is 2.31. The van der Waals surface area contributed by atoms with Gasteiger partial charge >= 0.3 is 0 Å². The molecular weight excluding hydrogens is 242 g/mol. The van der Waals surface area contributed by atoms with E-state index < -0.39 is 11.6 Å². The normalized spacial score (nSPS) is 17.6. The Morgan fingerprint density at radius 1 is 1.41 bits per heavy atom. The molecule has 0 aliphatic heterocycles. The SMILES string of the molecule is CC(C1CC1)n1c(=S)[nH]c2ccc(F)c(F)c21. The first-order valence-corrected chi connectivity index (χ1v) is 6.08. The highest BCUT2D eigenvalue weighted by atomic mass is 32.1. The van der Waals surface area contributed by atoms with Crippen molar-refractivity contribution in [1.82, 2.24) is 9.55 Å². The number of hydrogen-bond acceptors (Lipinski definition) is 1. The maximum Gasteiger partial charge on any atom is 0.184 e. The second kappa shape index (κ2) is 3.63. The predicted octanol–water partition coefficient (Wildman–Crippen LogP) is 3.95. The summed E-state index contributed by atoms with van der Waals surface area (Å²) in [4.78, 5) is 2.93. The van der Waals surface area contributed by atoms with Crippen LogP contribution in [0.2, 0.25) is 0 Å². The lowest BCUT2D eigenvalue weighted by Crippen LogP contribution is -2.08. The van der Waals surface area contributed by atoms with Crippen LogP contribution in [0.3, 0.4) is 0 Å². The molecule has 1 aromatic carbocycles. The smallest absolute Gasteiger partial charge is 0.184 e. The van der Waals surface area contributed by atoms with Gasteiger partial charge in [0, 0.05) is 6.04 Å². The molecule has 0 bridgehead atoms. The minimum Gasteiger partial charge on any atom is -0.330 e. The Morgan fingerprint density at radius 2 is 2.12 bits per heavy atom. The van der Waals surface area contributed by atoms with E-state index in [1.165, 1.54) is 6.07 Å². The third-order valence-corrected chi connectivity index (χ3v) is 3.78. The van der Waals surface area contributed by atoms with Crippen LogP contribution in [-0.2, 0) is 0 Å². The number of aromatic nitrogens is 2. The monoisotopic (exact) mass is 254 g/mol. The summed E-state index contributed by atoms with van der Waals surface area (Å²) in [5, 5.41) is 0. The Hall–Kier alpha value is -1.23. The summed E-state index contributed by atoms with van der Waals surface area (Å²) in [5.74, 6) is -1.12. The lowest BCUT2D eigenvalue weighted by atomic mass is 10.2. The van der Waals surface area contributed by atoms with E-state index >= 15 is 0 Å². The van der Waals surface area contributed by atoms with Gasteiger partial charge in [0.1, 0.15) is 5.52 Å². The van der Waals surface area contributed by atoms with Gasteiger partial charge < -0.3 is 9.55 Å². The van der Waals surface area contributed by atoms with Crippen molar-refractivity contribution in [3.8, 4) is 0 Å².